The van der Waals surface area contributed by atoms with E-state index in [9.17, 15) is 18.8 Å². The third-order valence-electron chi connectivity index (χ3n) is 6.93. The molecule has 7 nitrogen and oxygen atoms in total. The van der Waals surface area contributed by atoms with E-state index in [1.54, 1.807) is 48.5 Å². The number of ether oxygens (including phenoxy) is 1. The lowest BCUT2D eigenvalue weighted by molar-refractivity contribution is -0.133. The molecule has 0 N–H and O–H groups in total. The smallest absolute Gasteiger partial charge is 0.254 e. The van der Waals surface area contributed by atoms with E-state index >= 15 is 0 Å². The molecule has 4 aromatic carbocycles. The fraction of sp³-hybridized carbons (Fsp3) is 0.182. The van der Waals surface area contributed by atoms with Crippen LogP contribution in [0.5, 0.6) is 0 Å². The number of fused-ring (bicyclic) bond motifs is 2. The predicted octanol–water partition coefficient (Wildman–Crippen LogP) is 5.40. The molecule has 5 aromatic rings. The molecule has 208 valence electrons. The second-order valence-corrected chi connectivity index (χ2v) is 9.74. The van der Waals surface area contributed by atoms with Crippen LogP contribution in [0.25, 0.3) is 21.7 Å². The Kier molecular flexibility index (Phi) is 8.50. The van der Waals surface area contributed by atoms with E-state index in [4.69, 9.17) is 9.15 Å². The van der Waals surface area contributed by atoms with Gasteiger partial charge in [-0.2, -0.15) is 0 Å². The highest BCUT2D eigenvalue weighted by molar-refractivity contribution is 6.00. The van der Waals surface area contributed by atoms with Crippen LogP contribution in [0.1, 0.15) is 21.5 Å². The summed E-state index contributed by atoms with van der Waals surface area (Å²) in [6.45, 7) is 0.240. The molecular formula is C33H29FN2O5. The number of amides is 2. The maximum atomic E-state index is 13.8. The van der Waals surface area contributed by atoms with Crippen molar-refractivity contribution in [3.63, 3.8) is 0 Å². The van der Waals surface area contributed by atoms with Gasteiger partial charge in [0.15, 0.2) is 5.43 Å². The standard InChI is InChI=1S/C33H29FN2O5/c1-40-17-16-35(33(39)26-13-12-24-6-2-3-7-25(24)18-26)21-31(37)36(19-23-10-14-28(34)15-11-23)20-27-22-41-30-9-5-4-8-29(30)32(27)38/h2-15,18,22H,16-17,19-21H2,1H3. The molecule has 0 aliphatic rings. The van der Waals surface area contributed by atoms with Crippen LogP contribution in [0, 0.1) is 5.82 Å². The van der Waals surface area contributed by atoms with Crippen molar-refractivity contribution in [1.82, 2.24) is 9.80 Å². The maximum Gasteiger partial charge on any atom is 0.254 e. The molecule has 8 heteroatoms. The van der Waals surface area contributed by atoms with Gasteiger partial charge >= 0.3 is 0 Å². The lowest BCUT2D eigenvalue weighted by atomic mass is 10.1. The minimum absolute atomic E-state index is 0.0499. The van der Waals surface area contributed by atoms with Gasteiger partial charge in [-0.25, -0.2) is 4.39 Å². The number of para-hydroxylation sites is 1. The van der Waals surface area contributed by atoms with Crippen LogP contribution in [0.3, 0.4) is 0 Å². The number of carbonyl (C=O) groups excluding carboxylic acids is 2. The van der Waals surface area contributed by atoms with Crippen molar-refractivity contribution in [2.75, 3.05) is 26.8 Å². The molecule has 0 atom stereocenters. The van der Waals surface area contributed by atoms with Gasteiger partial charge in [0.2, 0.25) is 5.91 Å². The highest BCUT2D eigenvalue weighted by Gasteiger charge is 2.24. The van der Waals surface area contributed by atoms with E-state index in [0.717, 1.165) is 10.8 Å². The first kappa shape index (κ1) is 27.7. The van der Waals surface area contributed by atoms with Crippen LogP contribution in [-0.2, 0) is 22.6 Å². The number of hydrogen-bond acceptors (Lipinski definition) is 5. The monoisotopic (exact) mass is 552 g/mol. The molecule has 2 amide bonds. The summed E-state index contributed by atoms with van der Waals surface area (Å²) in [5, 5.41) is 2.33. The van der Waals surface area contributed by atoms with E-state index in [2.05, 4.69) is 0 Å². The van der Waals surface area contributed by atoms with Crippen molar-refractivity contribution in [2.45, 2.75) is 13.1 Å². The number of halogens is 1. The van der Waals surface area contributed by atoms with E-state index < -0.39 is 5.82 Å². The Morgan fingerprint density at radius 3 is 2.37 bits per heavy atom. The van der Waals surface area contributed by atoms with Crippen LogP contribution in [0.4, 0.5) is 4.39 Å². The zero-order chi connectivity index (χ0) is 28.8. The lowest BCUT2D eigenvalue weighted by Gasteiger charge is -2.28. The van der Waals surface area contributed by atoms with Crippen molar-refractivity contribution in [3.05, 3.63) is 130 Å². The first-order valence-corrected chi connectivity index (χ1v) is 13.2. The Labute approximate surface area is 236 Å². The molecule has 1 heterocycles. The highest BCUT2D eigenvalue weighted by atomic mass is 19.1. The molecule has 0 spiro atoms. The Bertz CT molecular complexity index is 1750. The van der Waals surface area contributed by atoms with E-state index in [1.165, 1.54) is 35.3 Å². The number of carbonyl (C=O) groups is 2. The van der Waals surface area contributed by atoms with E-state index in [-0.39, 0.29) is 50.0 Å². The summed E-state index contributed by atoms with van der Waals surface area (Å²) >= 11 is 0. The first-order valence-electron chi connectivity index (χ1n) is 13.2. The van der Waals surface area contributed by atoms with Gasteiger partial charge in [-0.15, -0.1) is 0 Å². The van der Waals surface area contributed by atoms with Gasteiger partial charge in [-0.1, -0.05) is 54.6 Å². The maximum absolute atomic E-state index is 13.8. The van der Waals surface area contributed by atoms with Crippen molar-refractivity contribution >= 4 is 33.6 Å². The first-order chi connectivity index (χ1) is 19.9. The molecule has 0 unspecified atom stereocenters. The second-order valence-electron chi connectivity index (χ2n) is 9.74. The van der Waals surface area contributed by atoms with Crippen LogP contribution in [0.15, 0.2) is 106 Å². The van der Waals surface area contributed by atoms with Gasteiger partial charge in [-0.3, -0.25) is 14.4 Å². The van der Waals surface area contributed by atoms with Gasteiger partial charge in [0.05, 0.1) is 30.4 Å². The van der Waals surface area contributed by atoms with Crippen molar-refractivity contribution in [2.24, 2.45) is 0 Å². The third kappa shape index (κ3) is 6.50. The summed E-state index contributed by atoms with van der Waals surface area (Å²) in [6, 6.07) is 25.8. The summed E-state index contributed by atoms with van der Waals surface area (Å²) in [7, 11) is 1.53. The second kappa shape index (κ2) is 12.6. The Hall–Kier alpha value is -4.82. The Morgan fingerprint density at radius 1 is 0.854 bits per heavy atom. The fourth-order valence-electron chi connectivity index (χ4n) is 4.70. The molecule has 5 rings (SSSR count). The zero-order valence-electron chi connectivity index (χ0n) is 22.6. The summed E-state index contributed by atoms with van der Waals surface area (Å²) in [5.41, 5.74) is 1.63. The zero-order valence-corrected chi connectivity index (χ0v) is 22.6. The van der Waals surface area contributed by atoms with Crippen LogP contribution in [-0.4, -0.2) is 48.4 Å². The molecule has 0 fully saturated rings. The molecule has 0 radical (unpaired) electrons. The van der Waals surface area contributed by atoms with Gasteiger partial charge in [0.25, 0.3) is 5.91 Å². The fourth-order valence-corrected chi connectivity index (χ4v) is 4.70. The summed E-state index contributed by atoms with van der Waals surface area (Å²) in [4.78, 5) is 43.5. The largest absolute Gasteiger partial charge is 0.464 e. The van der Waals surface area contributed by atoms with E-state index in [1.807, 2.05) is 30.3 Å². The van der Waals surface area contributed by atoms with Gasteiger partial charge in [-0.05, 0) is 52.7 Å². The van der Waals surface area contributed by atoms with Crippen LogP contribution in [0.2, 0.25) is 0 Å². The highest BCUT2D eigenvalue weighted by Crippen LogP contribution is 2.18. The third-order valence-corrected chi connectivity index (χ3v) is 6.93. The van der Waals surface area contributed by atoms with Gasteiger partial charge in [0, 0.05) is 25.8 Å². The van der Waals surface area contributed by atoms with Crippen LogP contribution < -0.4 is 5.43 Å². The minimum Gasteiger partial charge on any atom is -0.464 e. The predicted molar refractivity (Wildman–Crippen MR) is 155 cm³/mol. The minimum atomic E-state index is -0.395. The molecule has 41 heavy (non-hydrogen) atoms. The molecular weight excluding hydrogens is 523 g/mol. The van der Waals surface area contributed by atoms with E-state index in [0.29, 0.717) is 27.7 Å². The number of benzene rings is 4. The Morgan fingerprint density at radius 2 is 1.59 bits per heavy atom. The lowest BCUT2D eigenvalue weighted by Crippen LogP contribution is -2.44. The molecule has 0 aliphatic heterocycles. The quantitative estimate of drug-likeness (QED) is 0.232. The summed E-state index contributed by atoms with van der Waals surface area (Å²) < 4.78 is 24.5. The molecule has 0 saturated heterocycles. The number of methoxy groups -OCH3 is 1. The topological polar surface area (TPSA) is 80.1 Å². The number of hydrogen-bond donors (Lipinski definition) is 0. The summed E-state index contributed by atoms with van der Waals surface area (Å²) in [5.74, 6) is -1.09. The van der Waals surface area contributed by atoms with Crippen molar-refractivity contribution in [1.29, 1.82) is 0 Å². The van der Waals surface area contributed by atoms with Crippen molar-refractivity contribution in [3.8, 4) is 0 Å². The Balaban J connectivity index is 1.44. The van der Waals surface area contributed by atoms with Crippen LogP contribution >= 0.6 is 0 Å². The molecule has 0 aliphatic carbocycles. The normalized spacial score (nSPS) is 11.1. The number of nitrogens with zero attached hydrogens (tertiary/aromatic N) is 2. The van der Waals surface area contributed by atoms with Gasteiger partial charge in [0.1, 0.15) is 17.9 Å². The summed E-state index contributed by atoms with van der Waals surface area (Å²) in [6.07, 6.45) is 1.36. The molecule has 0 saturated carbocycles. The average molecular weight is 553 g/mol. The molecule has 0 bridgehead atoms. The molecule has 1 aromatic heterocycles. The van der Waals surface area contributed by atoms with Crippen molar-refractivity contribution < 1.29 is 23.1 Å². The average Bonchev–Trinajstić information content (AvgIpc) is 3.00. The number of rotatable bonds is 10. The SMILES string of the molecule is COCCN(CC(=O)N(Cc1ccc(F)cc1)Cc1coc2ccccc2c1=O)C(=O)c1ccc2ccccc2c1. The van der Waals surface area contributed by atoms with Gasteiger partial charge < -0.3 is 19.0 Å².